The van der Waals surface area contributed by atoms with Gasteiger partial charge in [-0.3, -0.25) is 9.59 Å². The van der Waals surface area contributed by atoms with Gasteiger partial charge in [0.2, 0.25) is 0 Å². The minimum atomic E-state index is -0.438. The largest absolute Gasteiger partial charge is 0.469 e. The minimum absolute atomic E-state index is 0.0749. The number of methoxy groups -OCH3 is 1. The van der Waals surface area contributed by atoms with E-state index in [2.05, 4.69) is 39.8 Å². The number of hydrogen-bond donors (Lipinski definition) is 0. The van der Waals surface area contributed by atoms with Crippen molar-refractivity contribution in [1.29, 1.82) is 0 Å². The highest BCUT2D eigenvalue weighted by molar-refractivity contribution is 5.96. The van der Waals surface area contributed by atoms with Gasteiger partial charge in [0.25, 0.3) is 0 Å². The summed E-state index contributed by atoms with van der Waals surface area (Å²) in [6.07, 6.45) is 4.94. The Morgan fingerprint density at radius 2 is 1.88 bits per heavy atom. The highest BCUT2D eigenvalue weighted by Crippen LogP contribution is 2.58. The van der Waals surface area contributed by atoms with Crippen molar-refractivity contribution in [2.24, 2.45) is 11.3 Å². The zero-order chi connectivity index (χ0) is 19.3. The summed E-state index contributed by atoms with van der Waals surface area (Å²) in [6, 6.07) is 4.42. The number of esters is 1. The molecule has 0 radical (unpaired) electrons. The second-order valence-electron chi connectivity index (χ2n) is 9.08. The molecule has 0 spiro atoms. The third-order valence-electron chi connectivity index (χ3n) is 7.18. The summed E-state index contributed by atoms with van der Waals surface area (Å²) in [5, 5.41) is 0. The highest BCUT2D eigenvalue weighted by atomic mass is 16.5. The third-order valence-corrected chi connectivity index (χ3v) is 7.18. The Morgan fingerprint density at radius 1 is 1.19 bits per heavy atom. The average Bonchev–Trinajstić information content (AvgIpc) is 2.59. The molecule has 1 fully saturated rings. The van der Waals surface area contributed by atoms with E-state index in [0.29, 0.717) is 5.92 Å². The summed E-state index contributed by atoms with van der Waals surface area (Å²) in [5.41, 5.74) is 4.15. The van der Waals surface area contributed by atoms with Crippen LogP contribution in [0.15, 0.2) is 12.1 Å². The summed E-state index contributed by atoms with van der Waals surface area (Å²) in [7, 11) is 1.50. The Morgan fingerprint density at radius 3 is 2.46 bits per heavy atom. The summed E-state index contributed by atoms with van der Waals surface area (Å²) in [5.74, 6) is 0.640. The van der Waals surface area contributed by atoms with E-state index in [9.17, 15) is 9.59 Å². The van der Waals surface area contributed by atoms with Gasteiger partial charge in [-0.1, -0.05) is 33.3 Å². The van der Waals surface area contributed by atoms with Crippen LogP contribution in [-0.4, -0.2) is 18.9 Å². The number of carbonyl (C=O) groups excluding carboxylic acids is 2. The highest BCUT2D eigenvalue weighted by Gasteiger charge is 2.55. The van der Waals surface area contributed by atoms with Crippen molar-refractivity contribution >= 4 is 11.8 Å². The topological polar surface area (TPSA) is 43.4 Å². The molecule has 3 heteroatoms. The van der Waals surface area contributed by atoms with Crippen LogP contribution in [0, 0.1) is 11.3 Å². The van der Waals surface area contributed by atoms with E-state index >= 15 is 0 Å². The number of hydrogen-bond acceptors (Lipinski definition) is 3. The molecular formula is C23H32O3. The molecule has 0 unspecified atom stereocenters. The van der Waals surface area contributed by atoms with Gasteiger partial charge in [0.1, 0.15) is 0 Å². The van der Waals surface area contributed by atoms with E-state index in [0.717, 1.165) is 43.2 Å². The zero-order valence-electron chi connectivity index (χ0n) is 17.1. The molecule has 1 saturated carbocycles. The predicted octanol–water partition coefficient (Wildman–Crippen LogP) is 5.20. The Kier molecular flexibility index (Phi) is 4.79. The molecule has 0 aliphatic heterocycles. The van der Waals surface area contributed by atoms with Crippen LogP contribution in [0.25, 0.3) is 0 Å². The molecule has 0 saturated heterocycles. The molecule has 0 N–H and O–H groups in total. The molecule has 3 nitrogen and oxygen atoms in total. The predicted molar refractivity (Wildman–Crippen MR) is 104 cm³/mol. The van der Waals surface area contributed by atoms with Gasteiger partial charge >= 0.3 is 5.97 Å². The molecule has 3 rings (SSSR count). The van der Waals surface area contributed by atoms with Gasteiger partial charge in [-0.15, -0.1) is 0 Å². The van der Waals surface area contributed by atoms with Crippen molar-refractivity contribution in [2.45, 2.75) is 78.1 Å². The van der Waals surface area contributed by atoms with Crippen LogP contribution in [0.4, 0.5) is 0 Å². The number of ether oxygens (including phenoxy) is 1. The first-order valence-electron chi connectivity index (χ1n) is 9.91. The van der Waals surface area contributed by atoms with E-state index in [1.165, 1.54) is 18.2 Å². The molecule has 1 aromatic rings. The fourth-order valence-corrected chi connectivity index (χ4v) is 5.80. The monoisotopic (exact) mass is 356 g/mol. The lowest BCUT2D eigenvalue weighted by molar-refractivity contribution is -0.161. The molecule has 2 aliphatic carbocycles. The standard InChI is InChI=1S/C23H32O3/c1-14(2)17-12-16-8-9-20-22(4,19(16)13-18(17)15(3)24)10-7-11-23(20,5)21(25)26-6/h12-14,20H,7-11H2,1-6H3/t20-,22+,23+/m1/s1. The third kappa shape index (κ3) is 2.71. The fraction of sp³-hybridized carbons (Fsp3) is 0.652. The summed E-state index contributed by atoms with van der Waals surface area (Å²) < 4.78 is 5.19. The summed E-state index contributed by atoms with van der Waals surface area (Å²) >= 11 is 0. The molecular weight excluding hydrogens is 324 g/mol. The van der Waals surface area contributed by atoms with Gasteiger partial charge in [0.15, 0.2) is 5.78 Å². The zero-order valence-corrected chi connectivity index (χ0v) is 17.1. The maximum absolute atomic E-state index is 12.6. The van der Waals surface area contributed by atoms with Crippen LogP contribution in [0.3, 0.4) is 0 Å². The maximum atomic E-state index is 12.6. The number of Topliss-reactive ketones (excluding diaryl/α,β-unsaturated/α-hetero) is 1. The second kappa shape index (κ2) is 6.51. The summed E-state index contributed by atoms with van der Waals surface area (Å²) in [6.45, 7) is 10.3. The van der Waals surface area contributed by atoms with Crippen LogP contribution in [0.2, 0.25) is 0 Å². The normalized spacial score (nSPS) is 30.5. The van der Waals surface area contributed by atoms with E-state index in [1.807, 2.05) is 0 Å². The molecule has 0 heterocycles. The lowest BCUT2D eigenvalue weighted by atomic mass is 9.49. The molecule has 0 aromatic heterocycles. The molecule has 3 atom stereocenters. The van der Waals surface area contributed by atoms with Crippen LogP contribution >= 0.6 is 0 Å². The van der Waals surface area contributed by atoms with Crippen molar-refractivity contribution in [2.75, 3.05) is 7.11 Å². The van der Waals surface area contributed by atoms with Crippen LogP contribution < -0.4 is 0 Å². The lowest BCUT2D eigenvalue weighted by Gasteiger charge is -2.54. The minimum Gasteiger partial charge on any atom is -0.469 e. The first-order chi connectivity index (χ1) is 12.1. The average molecular weight is 357 g/mol. The van der Waals surface area contributed by atoms with Gasteiger partial charge in [-0.2, -0.15) is 0 Å². The van der Waals surface area contributed by atoms with E-state index in [1.54, 1.807) is 6.92 Å². The first kappa shape index (κ1) is 19.1. The van der Waals surface area contributed by atoms with Crippen LogP contribution in [0.1, 0.15) is 93.3 Å². The fourth-order valence-electron chi connectivity index (χ4n) is 5.80. The van der Waals surface area contributed by atoms with Crippen LogP contribution in [0.5, 0.6) is 0 Å². The number of ketones is 1. The second-order valence-corrected chi connectivity index (χ2v) is 9.08. The number of benzene rings is 1. The van der Waals surface area contributed by atoms with Crippen molar-refractivity contribution in [3.8, 4) is 0 Å². The van der Waals surface area contributed by atoms with Crippen molar-refractivity contribution < 1.29 is 14.3 Å². The van der Waals surface area contributed by atoms with Crippen molar-refractivity contribution in [1.82, 2.24) is 0 Å². The van der Waals surface area contributed by atoms with Crippen molar-refractivity contribution in [3.05, 3.63) is 34.4 Å². The Labute approximate surface area is 157 Å². The Bertz CT molecular complexity index is 748. The maximum Gasteiger partial charge on any atom is 0.311 e. The number of carbonyl (C=O) groups is 2. The Balaban J connectivity index is 2.17. The molecule has 142 valence electrons. The van der Waals surface area contributed by atoms with Crippen molar-refractivity contribution in [3.63, 3.8) is 0 Å². The molecule has 26 heavy (non-hydrogen) atoms. The van der Waals surface area contributed by atoms with Gasteiger partial charge in [0.05, 0.1) is 12.5 Å². The molecule has 0 amide bonds. The van der Waals surface area contributed by atoms with Gasteiger partial charge in [-0.25, -0.2) is 0 Å². The van der Waals surface area contributed by atoms with Gasteiger partial charge in [0, 0.05) is 5.56 Å². The van der Waals surface area contributed by atoms with E-state index in [4.69, 9.17) is 4.74 Å². The van der Waals surface area contributed by atoms with E-state index < -0.39 is 5.41 Å². The number of fused-ring (bicyclic) bond motifs is 3. The lowest BCUT2D eigenvalue weighted by Crippen LogP contribution is -2.52. The SMILES string of the molecule is COC(=O)[C@@]1(C)CCC[C@@]2(C)c3cc(C(C)=O)c(C(C)C)cc3CC[C@H]21. The quantitative estimate of drug-likeness (QED) is 0.552. The summed E-state index contributed by atoms with van der Waals surface area (Å²) in [4.78, 5) is 25.0. The van der Waals surface area contributed by atoms with Gasteiger partial charge in [-0.05, 0) is 79.5 Å². The van der Waals surface area contributed by atoms with Crippen LogP contribution in [-0.2, 0) is 21.4 Å². The molecule has 1 aromatic carbocycles. The van der Waals surface area contributed by atoms with E-state index in [-0.39, 0.29) is 23.1 Å². The van der Waals surface area contributed by atoms with Gasteiger partial charge < -0.3 is 4.74 Å². The Hall–Kier alpha value is -1.64. The number of aryl methyl sites for hydroxylation is 1. The molecule has 0 bridgehead atoms. The smallest absolute Gasteiger partial charge is 0.311 e. The number of rotatable bonds is 3. The molecule has 2 aliphatic rings. The first-order valence-corrected chi connectivity index (χ1v) is 9.91.